The van der Waals surface area contributed by atoms with Gasteiger partial charge in [0.25, 0.3) is 0 Å². The highest BCUT2D eigenvalue weighted by Gasteiger charge is 2.25. The average Bonchev–Trinajstić information content (AvgIpc) is 3.88. The fraction of sp³-hybridized carbons (Fsp3) is 0. The van der Waals surface area contributed by atoms with E-state index < -0.39 is 0 Å². The minimum Gasteiger partial charge on any atom is -0.308 e. The Kier molecular flexibility index (Phi) is 6.02. The minimum absolute atomic E-state index is 0.704. The highest BCUT2D eigenvalue weighted by Crippen LogP contribution is 2.47. The van der Waals surface area contributed by atoms with Crippen LogP contribution in [0.15, 0.2) is 182 Å². The molecule has 0 radical (unpaired) electrons. The van der Waals surface area contributed by atoms with Crippen LogP contribution in [-0.2, 0) is 0 Å². The Hall–Kier alpha value is -7.30. The molecule has 4 nitrogen and oxygen atoms in total. The summed E-state index contributed by atoms with van der Waals surface area (Å²) < 4.78 is 4.87. The van der Waals surface area contributed by atoms with Gasteiger partial charge < -0.3 is 4.40 Å². The molecule has 250 valence electrons. The summed E-state index contributed by atoms with van der Waals surface area (Å²) >= 11 is 0. The van der Waals surface area contributed by atoms with Crippen LogP contribution in [0.25, 0.3) is 110 Å². The number of aromatic nitrogens is 4. The topological polar surface area (TPSA) is 35.1 Å². The van der Waals surface area contributed by atoms with Gasteiger partial charge in [-0.1, -0.05) is 146 Å². The second-order valence-corrected chi connectivity index (χ2v) is 14.2. The Bertz CT molecular complexity index is 3410. The molecule has 0 aliphatic rings. The van der Waals surface area contributed by atoms with Crippen molar-refractivity contribution in [1.82, 2.24) is 18.9 Å². The normalized spacial score (nSPS) is 12.1. The standard InChI is InChI=1S/C50H30N4/c1-3-13-31(14-4-1)33-23-25-34(26-24-33)49-51-41-20-10-7-17-37(41)50(52-49)54-43-22-12-8-18-38(43)46-45(54)30-40-36-28-27-35(32-15-5-2-6-16-32)29-44(36)53-42-21-11-9-19-39(42)47(46)48(40)53/h1-30H. The number of nitrogens with zero attached hydrogens (tertiary/aromatic N) is 4. The van der Waals surface area contributed by atoms with E-state index in [1.807, 2.05) is 6.07 Å². The van der Waals surface area contributed by atoms with Crippen molar-refractivity contribution in [1.29, 1.82) is 0 Å². The van der Waals surface area contributed by atoms with Crippen molar-refractivity contribution < 1.29 is 0 Å². The molecule has 0 saturated carbocycles. The van der Waals surface area contributed by atoms with Gasteiger partial charge in [0.15, 0.2) is 5.82 Å². The van der Waals surface area contributed by atoms with Crippen LogP contribution in [-0.4, -0.2) is 18.9 Å². The molecule has 0 bridgehead atoms. The van der Waals surface area contributed by atoms with E-state index in [1.54, 1.807) is 0 Å². The maximum absolute atomic E-state index is 5.45. The van der Waals surface area contributed by atoms with Crippen molar-refractivity contribution in [2.75, 3.05) is 0 Å². The zero-order chi connectivity index (χ0) is 35.3. The first-order chi connectivity index (χ1) is 26.8. The quantitative estimate of drug-likeness (QED) is 0.185. The summed E-state index contributed by atoms with van der Waals surface area (Å²) in [6.07, 6.45) is 0. The summed E-state index contributed by atoms with van der Waals surface area (Å²) in [4.78, 5) is 10.6. The van der Waals surface area contributed by atoms with Gasteiger partial charge in [-0.25, -0.2) is 9.97 Å². The van der Waals surface area contributed by atoms with Crippen LogP contribution in [0.2, 0.25) is 0 Å². The fourth-order valence-corrected chi connectivity index (χ4v) is 8.85. The van der Waals surface area contributed by atoms with Crippen molar-refractivity contribution >= 4 is 70.8 Å². The maximum atomic E-state index is 5.45. The van der Waals surface area contributed by atoms with Gasteiger partial charge >= 0.3 is 0 Å². The minimum atomic E-state index is 0.704. The van der Waals surface area contributed by atoms with Crippen LogP contribution in [0, 0.1) is 0 Å². The summed E-state index contributed by atoms with van der Waals surface area (Å²) in [6.45, 7) is 0. The molecule has 0 fully saturated rings. The Morgan fingerprint density at radius 3 is 1.67 bits per heavy atom. The molecule has 0 atom stereocenters. The van der Waals surface area contributed by atoms with Crippen LogP contribution >= 0.6 is 0 Å². The van der Waals surface area contributed by atoms with E-state index in [-0.39, 0.29) is 0 Å². The zero-order valence-corrected chi connectivity index (χ0v) is 29.1. The van der Waals surface area contributed by atoms with Crippen molar-refractivity contribution in [3.8, 4) is 39.5 Å². The van der Waals surface area contributed by atoms with Crippen LogP contribution in [0.4, 0.5) is 0 Å². The molecule has 54 heavy (non-hydrogen) atoms. The fourth-order valence-electron chi connectivity index (χ4n) is 8.85. The van der Waals surface area contributed by atoms with Gasteiger partial charge in [-0.05, 0) is 58.7 Å². The number of para-hydroxylation sites is 3. The first-order valence-electron chi connectivity index (χ1n) is 18.4. The summed E-state index contributed by atoms with van der Waals surface area (Å²) in [5.74, 6) is 1.58. The highest BCUT2D eigenvalue weighted by molar-refractivity contribution is 6.35. The second-order valence-electron chi connectivity index (χ2n) is 14.2. The van der Waals surface area contributed by atoms with Gasteiger partial charge in [0.2, 0.25) is 0 Å². The lowest BCUT2D eigenvalue weighted by Crippen LogP contribution is -2.02. The molecular weight excluding hydrogens is 657 g/mol. The second kappa shape index (κ2) is 11.1. The Labute approximate surface area is 310 Å². The van der Waals surface area contributed by atoms with Gasteiger partial charge in [-0.2, -0.15) is 0 Å². The van der Waals surface area contributed by atoms with Crippen LogP contribution in [0.1, 0.15) is 0 Å². The predicted molar refractivity (Wildman–Crippen MR) is 225 cm³/mol. The van der Waals surface area contributed by atoms with E-state index in [2.05, 4.69) is 185 Å². The Morgan fingerprint density at radius 2 is 0.907 bits per heavy atom. The molecule has 0 saturated heterocycles. The molecule has 12 rings (SSSR count). The Morgan fingerprint density at radius 1 is 0.333 bits per heavy atom. The lowest BCUT2D eigenvalue weighted by molar-refractivity contribution is 1.08. The van der Waals surface area contributed by atoms with Gasteiger partial charge in [0.05, 0.1) is 33.1 Å². The first kappa shape index (κ1) is 29.3. The zero-order valence-electron chi connectivity index (χ0n) is 29.1. The number of hydrogen-bond acceptors (Lipinski definition) is 2. The molecule has 0 aliphatic carbocycles. The van der Waals surface area contributed by atoms with E-state index in [0.717, 1.165) is 33.3 Å². The van der Waals surface area contributed by atoms with E-state index in [1.165, 1.54) is 71.1 Å². The molecular formula is C50H30N4. The monoisotopic (exact) mass is 686 g/mol. The number of fused-ring (bicyclic) bond motifs is 11. The molecule has 4 aromatic heterocycles. The molecule has 0 spiro atoms. The highest BCUT2D eigenvalue weighted by atomic mass is 15.1. The molecule has 8 aromatic carbocycles. The van der Waals surface area contributed by atoms with Crippen LogP contribution in [0.3, 0.4) is 0 Å². The SMILES string of the molecule is c1ccc(-c2ccc(-c3nc(-n4c5ccccc5c5c6c7ccccc7n7c8cc(-c9ccccc9)ccc8c(cc54)c67)c4ccccc4n3)cc2)cc1. The predicted octanol–water partition coefficient (Wildman–Crippen LogP) is 12.9. The summed E-state index contributed by atoms with van der Waals surface area (Å²) in [5.41, 5.74) is 12.6. The van der Waals surface area contributed by atoms with Crippen molar-refractivity contribution in [3.63, 3.8) is 0 Å². The van der Waals surface area contributed by atoms with E-state index in [0.29, 0.717) is 5.82 Å². The summed E-state index contributed by atoms with van der Waals surface area (Å²) in [6, 6.07) is 65.2. The van der Waals surface area contributed by atoms with Crippen molar-refractivity contribution in [2.45, 2.75) is 0 Å². The first-order valence-corrected chi connectivity index (χ1v) is 18.4. The van der Waals surface area contributed by atoms with E-state index in [9.17, 15) is 0 Å². The average molecular weight is 687 g/mol. The Balaban J connectivity index is 1.19. The molecule has 0 aliphatic heterocycles. The third-order valence-corrected chi connectivity index (χ3v) is 11.3. The number of benzene rings is 8. The van der Waals surface area contributed by atoms with E-state index >= 15 is 0 Å². The molecule has 4 heterocycles. The number of hydrogen-bond donors (Lipinski definition) is 0. The molecule has 0 unspecified atom stereocenters. The van der Waals surface area contributed by atoms with Crippen LogP contribution in [0.5, 0.6) is 0 Å². The van der Waals surface area contributed by atoms with Gasteiger partial charge in [-0.3, -0.25) is 4.57 Å². The molecule has 0 amide bonds. The lowest BCUT2D eigenvalue weighted by Gasteiger charge is -2.13. The van der Waals surface area contributed by atoms with Gasteiger partial charge in [-0.15, -0.1) is 0 Å². The summed E-state index contributed by atoms with van der Waals surface area (Å²) in [5, 5.41) is 8.47. The van der Waals surface area contributed by atoms with Gasteiger partial charge in [0.1, 0.15) is 5.82 Å². The number of rotatable bonds is 4. The van der Waals surface area contributed by atoms with Crippen molar-refractivity contribution in [3.05, 3.63) is 182 Å². The van der Waals surface area contributed by atoms with Crippen molar-refractivity contribution in [2.24, 2.45) is 0 Å². The largest absolute Gasteiger partial charge is 0.308 e. The smallest absolute Gasteiger partial charge is 0.162 e. The maximum Gasteiger partial charge on any atom is 0.162 e. The third kappa shape index (κ3) is 4.08. The molecule has 12 aromatic rings. The summed E-state index contributed by atoms with van der Waals surface area (Å²) in [7, 11) is 0. The van der Waals surface area contributed by atoms with E-state index in [4.69, 9.17) is 9.97 Å². The van der Waals surface area contributed by atoms with Crippen LogP contribution < -0.4 is 0 Å². The third-order valence-electron chi connectivity index (χ3n) is 11.3. The van der Waals surface area contributed by atoms with Gasteiger partial charge in [0, 0.05) is 43.3 Å². The lowest BCUT2D eigenvalue weighted by atomic mass is 10.0. The molecule has 4 heteroatoms. The molecule has 0 N–H and O–H groups in total.